The monoisotopic (exact) mass is 283 g/mol. The molecule has 2 rings (SSSR count). The van der Waals surface area contributed by atoms with E-state index in [1.54, 1.807) is 0 Å². The summed E-state index contributed by atoms with van der Waals surface area (Å²) in [5, 5.41) is 8.45. The maximum atomic E-state index is 9.76. The van der Waals surface area contributed by atoms with Crippen LogP contribution in [-0.4, -0.2) is 37.9 Å². The topological polar surface area (TPSA) is 81.8 Å². The number of hydrogen-bond donors (Lipinski definition) is 2. The Balaban J connectivity index is 0.000000327. The fourth-order valence-electron chi connectivity index (χ4n) is 1.72. The Bertz CT molecular complexity index is 313. The number of aliphatic hydroxyl groups excluding tert-OH is 1. The van der Waals surface area contributed by atoms with Crippen LogP contribution in [0.4, 0.5) is 0 Å². The van der Waals surface area contributed by atoms with E-state index in [0.29, 0.717) is 19.2 Å². The van der Waals surface area contributed by atoms with Gasteiger partial charge in [-0.2, -0.15) is 0 Å². The molecule has 1 aromatic rings. The second kappa shape index (κ2) is 14.0. The first-order valence-corrected chi connectivity index (χ1v) is 6.76. The van der Waals surface area contributed by atoms with Gasteiger partial charge < -0.3 is 20.3 Å². The van der Waals surface area contributed by atoms with Crippen LogP contribution in [0.2, 0.25) is 0 Å². The average Bonchev–Trinajstić information content (AvgIpc) is 3.02. The summed E-state index contributed by atoms with van der Waals surface area (Å²) in [7, 11) is 1.50. The van der Waals surface area contributed by atoms with Crippen molar-refractivity contribution in [1.82, 2.24) is 0 Å². The van der Waals surface area contributed by atoms with Crippen LogP contribution in [0.25, 0.3) is 0 Å². The van der Waals surface area contributed by atoms with Crippen molar-refractivity contribution in [3.05, 3.63) is 35.9 Å². The Labute approximate surface area is 120 Å². The van der Waals surface area contributed by atoms with Crippen molar-refractivity contribution in [3.8, 4) is 0 Å². The number of hydrogen-bond acceptors (Lipinski definition) is 5. The van der Waals surface area contributed by atoms with E-state index < -0.39 is 0 Å². The van der Waals surface area contributed by atoms with E-state index in [2.05, 4.69) is 10.5 Å². The fraction of sp³-hybridized carbons (Fsp3) is 0.533. The van der Waals surface area contributed by atoms with Gasteiger partial charge in [-0.15, -0.1) is 0 Å². The van der Waals surface area contributed by atoms with Crippen molar-refractivity contribution in [2.45, 2.75) is 32.0 Å². The molecule has 1 atom stereocenters. The first-order valence-electron chi connectivity index (χ1n) is 6.76. The molecular formula is C15H25NO4. The van der Waals surface area contributed by atoms with Gasteiger partial charge in [-0.3, -0.25) is 4.79 Å². The maximum absolute atomic E-state index is 9.76. The van der Waals surface area contributed by atoms with E-state index in [0.717, 1.165) is 25.0 Å². The Morgan fingerprint density at radius 1 is 1.40 bits per heavy atom. The molecule has 1 aliphatic rings. The number of ether oxygens (including phenoxy) is 2. The summed E-state index contributed by atoms with van der Waals surface area (Å²) >= 11 is 0. The minimum atomic E-state index is 0.269. The van der Waals surface area contributed by atoms with Crippen LogP contribution in [-0.2, 0) is 20.9 Å². The fourth-order valence-corrected chi connectivity index (χ4v) is 1.72. The van der Waals surface area contributed by atoms with E-state index in [9.17, 15) is 4.79 Å². The van der Waals surface area contributed by atoms with Crippen LogP contribution in [0.3, 0.4) is 0 Å². The molecular weight excluding hydrogens is 258 g/mol. The molecule has 1 saturated heterocycles. The number of rotatable bonds is 5. The van der Waals surface area contributed by atoms with Crippen LogP contribution in [0.15, 0.2) is 30.3 Å². The molecule has 1 unspecified atom stereocenters. The number of benzene rings is 1. The van der Waals surface area contributed by atoms with Gasteiger partial charge in [0.25, 0.3) is 6.47 Å². The highest BCUT2D eigenvalue weighted by atomic mass is 16.5. The molecule has 3 N–H and O–H groups in total. The second-order valence-corrected chi connectivity index (χ2v) is 4.04. The molecule has 1 aromatic carbocycles. The van der Waals surface area contributed by atoms with Gasteiger partial charge in [-0.1, -0.05) is 30.3 Å². The van der Waals surface area contributed by atoms with Gasteiger partial charge in [0, 0.05) is 13.2 Å². The van der Waals surface area contributed by atoms with Crippen molar-refractivity contribution in [2.75, 3.05) is 20.3 Å². The molecule has 20 heavy (non-hydrogen) atoms. The highest BCUT2D eigenvalue weighted by Gasteiger charge is 2.13. The largest absolute Gasteiger partial charge is 0.463 e. The normalized spacial score (nSPS) is 16.2. The van der Waals surface area contributed by atoms with E-state index in [4.69, 9.17) is 9.84 Å². The van der Waals surface area contributed by atoms with Crippen molar-refractivity contribution >= 4 is 6.47 Å². The first-order chi connectivity index (χ1) is 9.86. The van der Waals surface area contributed by atoms with Crippen LogP contribution in [0.5, 0.6) is 0 Å². The minimum Gasteiger partial charge on any atom is -0.463 e. The van der Waals surface area contributed by atoms with E-state index in [-0.39, 0.29) is 6.61 Å². The van der Waals surface area contributed by atoms with Gasteiger partial charge in [0.2, 0.25) is 0 Å². The molecule has 1 heterocycles. The summed E-state index contributed by atoms with van der Waals surface area (Å²) < 4.78 is 9.77. The molecule has 1 aliphatic heterocycles. The van der Waals surface area contributed by atoms with Gasteiger partial charge in [0.05, 0.1) is 6.10 Å². The van der Waals surface area contributed by atoms with Crippen LogP contribution in [0.1, 0.15) is 24.8 Å². The molecule has 114 valence electrons. The number of carbonyl (C=O) groups excluding carboxylic acids is 1. The molecule has 0 spiro atoms. The highest BCUT2D eigenvalue weighted by Crippen LogP contribution is 2.13. The van der Waals surface area contributed by atoms with Gasteiger partial charge in [0.15, 0.2) is 0 Å². The Hall–Kier alpha value is -1.43. The first kappa shape index (κ1) is 18.6. The lowest BCUT2D eigenvalue weighted by molar-refractivity contribution is -0.129. The van der Waals surface area contributed by atoms with E-state index in [1.807, 2.05) is 30.3 Å². The summed E-state index contributed by atoms with van der Waals surface area (Å²) in [6, 6.07) is 9.55. The molecule has 5 heteroatoms. The van der Waals surface area contributed by atoms with E-state index in [1.165, 1.54) is 13.5 Å². The summed E-state index contributed by atoms with van der Waals surface area (Å²) in [6.45, 7) is 1.98. The molecule has 0 aromatic heterocycles. The summed E-state index contributed by atoms with van der Waals surface area (Å²) in [6.07, 6.45) is 3.49. The lowest BCUT2D eigenvalue weighted by Crippen LogP contribution is -2.06. The average molecular weight is 283 g/mol. The Morgan fingerprint density at radius 2 is 2.10 bits per heavy atom. The Kier molecular flexibility index (Phi) is 13.0. The maximum Gasteiger partial charge on any atom is 0.293 e. The van der Waals surface area contributed by atoms with Gasteiger partial charge in [-0.05, 0) is 31.9 Å². The summed E-state index contributed by atoms with van der Waals surface area (Å²) in [5.41, 5.74) is 5.51. The molecule has 0 aliphatic carbocycles. The van der Waals surface area contributed by atoms with Crippen LogP contribution < -0.4 is 5.73 Å². The molecule has 0 amide bonds. The third-order valence-corrected chi connectivity index (χ3v) is 2.64. The highest BCUT2D eigenvalue weighted by molar-refractivity contribution is 5.37. The van der Waals surface area contributed by atoms with Gasteiger partial charge in [-0.25, -0.2) is 0 Å². The molecule has 0 radical (unpaired) electrons. The van der Waals surface area contributed by atoms with Crippen molar-refractivity contribution in [3.63, 3.8) is 0 Å². The third-order valence-electron chi connectivity index (χ3n) is 2.64. The minimum absolute atomic E-state index is 0.269. The van der Waals surface area contributed by atoms with Crippen molar-refractivity contribution in [2.24, 2.45) is 5.73 Å². The summed E-state index contributed by atoms with van der Waals surface area (Å²) in [5.74, 6) is 0. The third kappa shape index (κ3) is 9.49. The van der Waals surface area contributed by atoms with Gasteiger partial charge >= 0.3 is 0 Å². The van der Waals surface area contributed by atoms with Crippen molar-refractivity contribution in [1.29, 1.82) is 0 Å². The van der Waals surface area contributed by atoms with E-state index >= 15 is 0 Å². The number of nitrogens with two attached hydrogens (primary N) is 1. The molecule has 5 nitrogen and oxygen atoms in total. The molecule has 0 bridgehead atoms. The lowest BCUT2D eigenvalue weighted by Gasteiger charge is -2.03. The summed E-state index contributed by atoms with van der Waals surface area (Å²) in [4.78, 5) is 9.76. The molecule has 0 saturated carbocycles. The van der Waals surface area contributed by atoms with Crippen LogP contribution >= 0.6 is 0 Å². The van der Waals surface area contributed by atoms with Crippen molar-refractivity contribution < 1.29 is 19.4 Å². The second-order valence-electron chi connectivity index (χ2n) is 4.04. The zero-order valence-corrected chi connectivity index (χ0v) is 12.0. The zero-order chi connectivity index (χ0) is 15.1. The predicted molar refractivity (Wildman–Crippen MR) is 78.1 cm³/mol. The number of aliphatic hydroxyl groups is 1. The lowest BCUT2D eigenvalue weighted by atomic mass is 10.2. The predicted octanol–water partition coefficient (Wildman–Crippen LogP) is 1.48. The van der Waals surface area contributed by atoms with Gasteiger partial charge in [0.1, 0.15) is 6.61 Å². The molecule has 1 fully saturated rings. The Morgan fingerprint density at radius 3 is 2.60 bits per heavy atom. The van der Waals surface area contributed by atoms with Crippen LogP contribution in [0, 0.1) is 0 Å². The zero-order valence-electron chi connectivity index (χ0n) is 12.0. The standard InChI is InChI=1S/C8H8O2.C6H12O2.CH5N/c9-7-10-6-8-4-2-1-3-5-8;7-4-3-6-2-1-5-8-6;1-2/h1-5,7H,6H2;6-7H,1-5H2;2H2,1H3. The number of carbonyl (C=O) groups is 1. The SMILES string of the molecule is CN.O=COCc1ccccc1.OCCC1CCCO1. The smallest absolute Gasteiger partial charge is 0.293 e. The quantitative estimate of drug-likeness (QED) is 0.800.